The van der Waals surface area contributed by atoms with Crippen molar-refractivity contribution in [3.8, 4) is 0 Å². The van der Waals surface area contributed by atoms with Crippen molar-refractivity contribution in [2.24, 2.45) is 11.8 Å². The third-order valence-electron chi connectivity index (χ3n) is 1.50. The molecule has 0 aliphatic heterocycles. The van der Waals surface area contributed by atoms with Crippen molar-refractivity contribution < 1.29 is 4.84 Å². The molecule has 0 aromatic carbocycles. The highest BCUT2D eigenvalue weighted by Gasteiger charge is 2.27. The van der Waals surface area contributed by atoms with Crippen LogP contribution < -0.4 is 5.90 Å². The Morgan fingerprint density at radius 2 is 2.12 bits per heavy atom. The smallest absolute Gasteiger partial charge is 0.0787 e. The lowest BCUT2D eigenvalue weighted by molar-refractivity contribution is 0.0514. The molecule has 3 heteroatoms. The van der Waals surface area contributed by atoms with E-state index >= 15 is 0 Å². The van der Waals surface area contributed by atoms with Crippen LogP contribution in [0.25, 0.3) is 0 Å². The van der Waals surface area contributed by atoms with Crippen molar-refractivity contribution in [1.82, 2.24) is 0 Å². The fourth-order valence-electron chi connectivity index (χ4n) is 0.677. The highest BCUT2D eigenvalue weighted by Crippen LogP contribution is 2.33. The number of nitrogens with two attached hydrogens (primary N) is 1. The largest absolute Gasteiger partial charge is 0.301 e. The van der Waals surface area contributed by atoms with Crippen molar-refractivity contribution in [1.29, 1.82) is 0 Å². The monoisotopic (exact) mass is 137 g/mol. The molecule has 1 atom stereocenters. The van der Waals surface area contributed by atoms with Gasteiger partial charge in [0, 0.05) is 0 Å². The first-order valence-electron chi connectivity index (χ1n) is 2.70. The molecular weight excluding hydrogens is 126 g/mol. The van der Waals surface area contributed by atoms with Crippen molar-refractivity contribution in [3.05, 3.63) is 0 Å². The van der Waals surface area contributed by atoms with Crippen LogP contribution in [0.1, 0.15) is 19.8 Å². The lowest BCUT2D eigenvalue weighted by Crippen LogP contribution is -2.14. The van der Waals surface area contributed by atoms with Gasteiger partial charge < -0.3 is 4.84 Å². The van der Waals surface area contributed by atoms with Gasteiger partial charge in [0.15, 0.2) is 0 Å². The van der Waals surface area contributed by atoms with Crippen LogP contribution in [-0.4, -0.2) is 6.10 Å². The van der Waals surface area contributed by atoms with E-state index in [2.05, 4.69) is 4.84 Å². The molecule has 8 heavy (non-hydrogen) atoms. The molecule has 1 aliphatic rings. The van der Waals surface area contributed by atoms with E-state index < -0.39 is 0 Å². The van der Waals surface area contributed by atoms with Crippen LogP contribution >= 0.6 is 12.4 Å². The number of halogens is 1. The van der Waals surface area contributed by atoms with Crippen LogP contribution in [0, 0.1) is 5.92 Å². The van der Waals surface area contributed by atoms with Crippen molar-refractivity contribution in [2.75, 3.05) is 0 Å². The van der Waals surface area contributed by atoms with Crippen LogP contribution in [0.4, 0.5) is 0 Å². The van der Waals surface area contributed by atoms with Gasteiger partial charge in [-0.1, -0.05) is 0 Å². The van der Waals surface area contributed by atoms with Crippen LogP contribution in [0.5, 0.6) is 0 Å². The Balaban J connectivity index is 0.000000490. The van der Waals surface area contributed by atoms with Crippen LogP contribution in [0.2, 0.25) is 0 Å². The lowest BCUT2D eigenvalue weighted by atomic mass is 10.3. The van der Waals surface area contributed by atoms with Gasteiger partial charge in [-0.05, 0) is 25.7 Å². The standard InChI is InChI=1S/C5H11NO.ClH/c1-4(7-6)5-2-3-5;/h4-5H,2-3,6H2,1H3;1H. The van der Waals surface area contributed by atoms with E-state index in [1.54, 1.807) is 0 Å². The van der Waals surface area contributed by atoms with Gasteiger partial charge in [0.2, 0.25) is 0 Å². The quantitative estimate of drug-likeness (QED) is 0.579. The summed E-state index contributed by atoms with van der Waals surface area (Å²) in [6, 6.07) is 0. The predicted molar refractivity (Wildman–Crippen MR) is 34.7 cm³/mol. The van der Waals surface area contributed by atoms with Gasteiger partial charge in [-0.25, -0.2) is 5.90 Å². The average molecular weight is 138 g/mol. The minimum atomic E-state index is 0. The van der Waals surface area contributed by atoms with Gasteiger partial charge >= 0.3 is 0 Å². The Morgan fingerprint density at radius 3 is 2.25 bits per heavy atom. The van der Waals surface area contributed by atoms with Gasteiger partial charge in [0.1, 0.15) is 0 Å². The molecule has 0 aromatic rings. The van der Waals surface area contributed by atoms with E-state index in [0.29, 0.717) is 6.10 Å². The summed E-state index contributed by atoms with van der Waals surface area (Å²) in [5, 5.41) is 0. The fraction of sp³-hybridized carbons (Fsp3) is 1.00. The van der Waals surface area contributed by atoms with E-state index in [1.165, 1.54) is 12.8 Å². The highest BCUT2D eigenvalue weighted by atomic mass is 35.5. The molecule has 1 unspecified atom stereocenters. The van der Waals surface area contributed by atoms with Gasteiger partial charge in [0.05, 0.1) is 6.10 Å². The molecule has 0 aromatic heterocycles. The molecule has 1 rings (SSSR count). The first-order valence-corrected chi connectivity index (χ1v) is 2.70. The van der Waals surface area contributed by atoms with E-state index in [4.69, 9.17) is 5.90 Å². The predicted octanol–water partition coefficient (Wildman–Crippen LogP) is 1.10. The summed E-state index contributed by atoms with van der Waals surface area (Å²) in [4.78, 5) is 4.57. The molecule has 50 valence electrons. The summed E-state index contributed by atoms with van der Waals surface area (Å²) in [5.74, 6) is 5.68. The molecule has 0 heterocycles. The van der Waals surface area contributed by atoms with Gasteiger partial charge in [-0.15, -0.1) is 12.4 Å². The van der Waals surface area contributed by atoms with Crippen molar-refractivity contribution in [2.45, 2.75) is 25.9 Å². The zero-order valence-electron chi connectivity index (χ0n) is 4.96. The second-order valence-corrected chi connectivity index (χ2v) is 2.18. The Morgan fingerprint density at radius 1 is 1.62 bits per heavy atom. The Kier molecular flexibility index (Phi) is 3.36. The number of rotatable bonds is 2. The summed E-state index contributed by atoms with van der Waals surface area (Å²) in [6.45, 7) is 2.01. The first-order chi connectivity index (χ1) is 3.34. The minimum absolute atomic E-state index is 0. The molecule has 0 amide bonds. The van der Waals surface area contributed by atoms with E-state index in [9.17, 15) is 0 Å². The Labute approximate surface area is 55.8 Å². The number of hydrogen-bond donors (Lipinski definition) is 1. The maximum absolute atomic E-state index is 4.91. The number of hydrogen-bond acceptors (Lipinski definition) is 2. The summed E-state index contributed by atoms with van der Waals surface area (Å²) in [5.41, 5.74) is 0. The normalized spacial score (nSPS) is 21.8. The zero-order chi connectivity index (χ0) is 5.28. The summed E-state index contributed by atoms with van der Waals surface area (Å²) in [7, 11) is 0. The van der Waals surface area contributed by atoms with Crippen molar-refractivity contribution in [3.63, 3.8) is 0 Å². The molecule has 1 aliphatic carbocycles. The molecule has 0 radical (unpaired) electrons. The van der Waals surface area contributed by atoms with Crippen molar-refractivity contribution >= 4 is 12.4 Å². The van der Waals surface area contributed by atoms with E-state index in [-0.39, 0.29) is 12.4 Å². The second-order valence-electron chi connectivity index (χ2n) is 2.18. The van der Waals surface area contributed by atoms with Gasteiger partial charge in [-0.3, -0.25) is 0 Å². The van der Waals surface area contributed by atoms with Crippen LogP contribution in [-0.2, 0) is 4.84 Å². The average Bonchev–Trinajstić information content (AvgIpc) is 2.44. The molecule has 2 N–H and O–H groups in total. The third-order valence-corrected chi connectivity index (χ3v) is 1.50. The van der Waals surface area contributed by atoms with E-state index in [1.807, 2.05) is 6.92 Å². The molecule has 2 nitrogen and oxygen atoms in total. The zero-order valence-corrected chi connectivity index (χ0v) is 5.78. The lowest BCUT2D eigenvalue weighted by Gasteiger charge is -2.02. The van der Waals surface area contributed by atoms with E-state index in [0.717, 1.165) is 5.92 Å². The van der Waals surface area contributed by atoms with Crippen LogP contribution in [0.3, 0.4) is 0 Å². The molecule has 0 saturated heterocycles. The molecule has 1 fully saturated rings. The summed E-state index contributed by atoms with van der Waals surface area (Å²) in [6.07, 6.45) is 2.90. The molecular formula is C5H12ClNO. The highest BCUT2D eigenvalue weighted by molar-refractivity contribution is 5.85. The molecule has 1 saturated carbocycles. The maximum atomic E-state index is 4.91. The Hall–Kier alpha value is 0.210. The van der Waals surface area contributed by atoms with Gasteiger partial charge in [-0.2, -0.15) is 0 Å². The second kappa shape index (κ2) is 3.28. The third kappa shape index (κ3) is 1.99. The topological polar surface area (TPSA) is 35.2 Å². The molecule has 0 bridgehead atoms. The maximum Gasteiger partial charge on any atom is 0.0787 e. The fourth-order valence-corrected chi connectivity index (χ4v) is 0.677. The van der Waals surface area contributed by atoms with Crippen LogP contribution in [0.15, 0.2) is 0 Å². The minimum Gasteiger partial charge on any atom is -0.301 e. The SMILES string of the molecule is CC(ON)C1CC1.Cl. The first kappa shape index (κ1) is 8.21. The van der Waals surface area contributed by atoms with Gasteiger partial charge in [0.25, 0.3) is 0 Å². The summed E-state index contributed by atoms with van der Waals surface area (Å²) < 4.78 is 0. The summed E-state index contributed by atoms with van der Waals surface area (Å²) >= 11 is 0. The Bertz CT molecular complexity index is 65.4. The molecule has 0 spiro atoms.